The summed E-state index contributed by atoms with van der Waals surface area (Å²) in [6, 6.07) is 8.85. The molecule has 3 N–H and O–H groups in total. The largest absolute Gasteiger partial charge is 0.397 e. The fourth-order valence-electron chi connectivity index (χ4n) is 2.20. The van der Waals surface area contributed by atoms with E-state index in [0.717, 1.165) is 10.9 Å². The fourth-order valence-corrected chi connectivity index (χ4v) is 2.36. The van der Waals surface area contributed by atoms with Crippen molar-refractivity contribution in [2.24, 2.45) is 0 Å². The average molecular weight is 313 g/mol. The molecule has 3 aromatic rings. The van der Waals surface area contributed by atoms with E-state index in [2.05, 4.69) is 15.3 Å². The number of hydrogen-bond donors (Lipinski definition) is 2. The molecule has 3 rings (SSSR count). The van der Waals surface area contributed by atoms with Gasteiger partial charge in [0.2, 0.25) is 0 Å². The number of carbonyl (C=O) groups is 1. The van der Waals surface area contributed by atoms with Crippen LogP contribution in [0.3, 0.4) is 0 Å². The van der Waals surface area contributed by atoms with E-state index in [1.165, 1.54) is 0 Å². The molecule has 5 nitrogen and oxygen atoms in total. The van der Waals surface area contributed by atoms with Crippen LogP contribution in [0.15, 0.2) is 48.9 Å². The summed E-state index contributed by atoms with van der Waals surface area (Å²) in [6.07, 6.45) is 4.91. The maximum Gasteiger partial charge on any atom is 0.270 e. The highest BCUT2D eigenvalue weighted by Gasteiger charge is 2.13. The Labute approximate surface area is 132 Å². The zero-order valence-electron chi connectivity index (χ0n) is 11.6. The summed E-state index contributed by atoms with van der Waals surface area (Å²) in [4.78, 5) is 20.5. The Morgan fingerprint density at radius 3 is 2.64 bits per heavy atom. The molecule has 0 spiro atoms. The van der Waals surface area contributed by atoms with Crippen molar-refractivity contribution in [3.8, 4) is 0 Å². The summed E-state index contributed by atoms with van der Waals surface area (Å²) in [5, 5.41) is 4.69. The standard InChI is InChI=1S/C16H13ClN4O/c17-13-2-1-12-11(14(13)18)5-8-20-15(12)16(22)21-9-10-3-6-19-7-4-10/h1-8H,9,18H2,(H,21,22). The van der Waals surface area contributed by atoms with E-state index in [-0.39, 0.29) is 5.91 Å². The number of nitrogens with one attached hydrogen (secondary N) is 1. The van der Waals surface area contributed by atoms with E-state index < -0.39 is 0 Å². The highest BCUT2D eigenvalue weighted by Crippen LogP contribution is 2.29. The number of halogens is 1. The number of benzene rings is 1. The van der Waals surface area contributed by atoms with Crippen molar-refractivity contribution in [3.63, 3.8) is 0 Å². The molecule has 1 amide bonds. The van der Waals surface area contributed by atoms with Crippen molar-refractivity contribution < 1.29 is 4.79 Å². The molecule has 0 atom stereocenters. The van der Waals surface area contributed by atoms with Crippen LogP contribution in [0.1, 0.15) is 16.1 Å². The average Bonchev–Trinajstić information content (AvgIpc) is 2.56. The Kier molecular flexibility index (Phi) is 3.89. The number of pyridine rings is 2. The van der Waals surface area contributed by atoms with Crippen molar-refractivity contribution in [1.29, 1.82) is 0 Å². The molecule has 0 aliphatic heterocycles. The molecule has 0 radical (unpaired) electrons. The van der Waals surface area contributed by atoms with Gasteiger partial charge in [-0.3, -0.25) is 14.8 Å². The van der Waals surface area contributed by atoms with Crippen LogP contribution in [0.4, 0.5) is 5.69 Å². The lowest BCUT2D eigenvalue weighted by Gasteiger charge is -2.09. The molecule has 110 valence electrons. The SMILES string of the molecule is Nc1c(Cl)ccc2c(C(=O)NCc3ccncc3)nccc12. The summed E-state index contributed by atoms with van der Waals surface area (Å²) in [5.41, 5.74) is 7.70. The number of anilines is 1. The molecule has 0 saturated heterocycles. The summed E-state index contributed by atoms with van der Waals surface area (Å²) in [7, 11) is 0. The van der Waals surface area contributed by atoms with E-state index in [1.54, 1.807) is 36.8 Å². The van der Waals surface area contributed by atoms with Gasteiger partial charge in [-0.1, -0.05) is 17.7 Å². The third-order valence-corrected chi connectivity index (χ3v) is 3.68. The molecular weight excluding hydrogens is 300 g/mol. The number of carbonyl (C=O) groups excluding carboxylic acids is 1. The van der Waals surface area contributed by atoms with Crippen molar-refractivity contribution in [2.45, 2.75) is 6.54 Å². The highest BCUT2D eigenvalue weighted by atomic mass is 35.5. The smallest absolute Gasteiger partial charge is 0.270 e. The van der Waals surface area contributed by atoms with Gasteiger partial charge in [-0.25, -0.2) is 0 Å². The molecule has 0 fully saturated rings. The zero-order valence-corrected chi connectivity index (χ0v) is 12.3. The number of amides is 1. The predicted octanol–water partition coefficient (Wildman–Crippen LogP) is 2.80. The quantitative estimate of drug-likeness (QED) is 0.729. The van der Waals surface area contributed by atoms with Gasteiger partial charge in [-0.2, -0.15) is 0 Å². The number of hydrogen-bond acceptors (Lipinski definition) is 4. The molecule has 0 unspecified atom stereocenters. The second kappa shape index (κ2) is 5.99. The van der Waals surface area contributed by atoms with Crippen LogP contribution in [0.25, 0.3) is 10.8 Å². The molecule has 0 aliphatic rings. The lowest BCUT2D eigenvalue weighted by molar-refractivity contribution is 0.0948. The van der Waals surface area contributed by atoms with Crippen molar-refractivity contribution >= 4 is 34.0 Å². The van der Waals surface area contributed by atoms with Crippen LogP contribution in [0, 0.1) is 0 Å². The second-order valence-corrected chi connectivity index (χ2v) is 5.16. The Morgan fingerprint density at radius 1 is 1.09 bits per heavy atom. The maximum atomic E-state index is 12.4. The molecular formula is C16H13ClN4O. The number of nitrogens with zero attached hydrogens (tertiary/aromatic N) is 2. The first-order valence-corrected chi connectivity index (χ1v) is 7.04. The minimum atomic E-state index is -0.260. The van der Waals surface area contributed by atoms with E-state index in [9.17, 15) is 4.79 Å². The van der Waals surface area contributed by atoms with Gasteiger partial charge in [-0.05, 0) is 29.8 Å². The lowest BCUT2D eigenvalue weighted by Crippen LogP contribution is -2.24. The van der Waals surface area contributed by atoms with Gasteiger partial charge in [0.25, 0.3) is 5.91 Å². The van der Waals surface area contributed by atoms with Crippen LogP contribution in [-0.4, -0.2) is 15.9 Å². The summed E-state index contributed by atoms with van der Waals surface area (Å²) < 4.78 is 0. The third-order valence-electron chi connectivity index (χ3n) is 3.35. The van der Waals surface area contributed by atoms with E-state index in [0.29, 0.717) is 28.3 Å². The minimum Gasteiger partial charge on any atom is -0.397 e. The monoisotopic (exact) mass is 312 g/mol. The molecule has 2 heterocycles. The van der Waals surface area contributed by atoms with Crippen molar-refractivity contribution in [1.82, 2.24) is 15.3 Å². The first-order valence-electron chi connectivity index (χ1n) is 6.66. The van der Waals surface area contributed by atoms with Gasteiger partial charge in [0.1, 0.15) is 5.69 Å². The van der Waals surface area contributed by atoms with E-state index in [4.69, 9.17) is 17.3 Å². The van der Waals surface area contributed by atoms with Gasteiger partial charge < -0.3 is 11.1 Å². The van der Waals surface area contributed by atoms with E-state index in [1.807, 2.05) is 12.1 Å². The van der Waals surface area contributed by atoms with Crippen molar-refractivity contribution in [2.75, 3.05) is 5.73 Å². The number of nitrogens with two attached hydrogens (primary N) is 1. The molecule has 2 aromatic heterocycles. The first kappa shape index (κ1) is 14.3. The van der Waals surface area contributed by atoms with Gasteiger partial charge in [0, 0.05) is 35.9 Å². The number of aromatic nitrogens is 2. The molecule has 22 heavy (non-hydrogen) atoms. The van der Waals surface area contributed by atoms with Gasteiger partial charge in [-0.15, -0.1) is 0 Å². The number of fused-ring (bicyclic) bond motifs is 1. The molecule has 6 heteroatoms. The number of rotatable bonds is 3. The molecule has 0 bridgehead atoms. The molecule has 1 aromatic carbocycles. The predicted molar refractivity (Wildman–Crippen MR) is 86.6 cm³/mol. The number of nitrogen functional groups attached to an aromatic ring is 1. The Morgan fingerprint density at radius 2 is 1.86 bits per heavy atom. The van der Waals surface area contributed by atoms with Crippen LogP contribution in [0.2, 0.25) is 5.02 Å². The normalized spacial score (nSPS) is 10.6. The molecule has 0 saturated carbocycles. The van der Waals surface area contributed by atoms with E-state index >= 15 is 0 Å². The summed E-state index contributed by atoms with van der Waals surface area (Å²) in [6.45, 7) is 0.405. The van der Waals surface area contributed by atoms with Gasteiger partial charge in [0.05, 0.1) is 10.7 Å². The topological polar surface area (TPSA) is 80.9 Å². The third kappa shape index (κ3) is 2.71. The Hall–Kier alpha value is -2.66. The van der Waals surface area contributed by atoms with Crippen LogP contribution in [-0.2, 0) is 6.54 Å². The van der Waals surface area contributed by atoms with Crippen LogP contribution < -0.4 is 11.1 Å². The maximum absolute atomic E-state index is 12.4. The summed E-state index contributed by atoms with van der Waals surface area (Å²) in [5.74, 6) is -0.260. The zero-order chi connectivity index (χ0) is 15.5. The van der Waals surface area contributed by atoms with Gasteiger partial charge >= 0.3 is 0 Å². The van der Waals surface area contributed by atoms with Crippen LogP contribution in [0.5, 0.6) is 0 Å². The summed E-state index contributed by atoms with van der Waals surface area (Å²) >= 11 is 6.01. The van der Waals surface area contributed by atoms with Crippen molar-refractivity contribution in [3.05, 3.63) is 65.2 Å². The minimum absolute atomic E-state index is 0.260. The fraction of sp³-hybridized carbons (Fsp3) is 0.0625. The second-order valence-electron chi connectivity index (χ2n) is 4.75. The first-order chi connectivity index (χ1) is 10.7. The van der Waals surface area contributed by atoms with Crippen LogP contribution >= 0.6 is 11.6 Å². The lowest BCUT2D eigenvalue weighted by atomic mass is 10.1. The highest BCUT2D eigenvalue weighted by molar-refractivity contribution is 6.34. The Bertz CT molecular complexity index is 836. The Balaban J connectivity index is 1.90. The molecule has 0 aliphatic carbocycles. The van der Waals surface area contributed by atoms with Gasteiger partial charge in [0.15, 0.2) is 0 Å².